The first-order valence-corrected chi connectivity index (χ1v) is 6.32. The summed E-state index contributed by atoms with van der Waals surface area (Å²) in [7, 11) is 0. The molecule has 2 rings (SSSR count). The van der Waals surface area contributed by atoms with Crippen molar-refractivity contribution in [1.82, 2.24) is 9.97 Å². The van der Waals surface area contributed by atoms with Gasteiger partial charge in [0, 0.05) is 22.3 Å². The second-order valence-electron chi connectivity index (χ2n) is 4.10. The maximum atomic E-state index is 12.1. The molecule has 2 heterocycles. The summed E-state index contributed by atoms with van der Waals surface area (Å²) in [4.78, 5) is 20.6. The quantitative estimate of drug-likeness (QED) is 0.782. The van der Waals surface area contributed by atoms with E-state index in [1.54, 1.807) is 11.3 Å². The van der Waals surface area contributed by atoms with Crippen molar-refractivity contribution in [3.8, 4) is 0 Å². The van der Waals surface area contributed by atoms with E-state index in [2.05, 4.69) is 9.97 Å². The third-order valence-corrected chi connectivity index (χ3v) is 3.23. The van der Waals surface area contributed by atoms with E-state index < -0.39 is 0 Å². The van der Waals surface area contributed by atoms with Crippen molar-refractivity contribution >= 4 is 17.1 Å². The Hall–Kier alpha value is -1.55. The first-order chi connectivity index (χ1) is 8.04. The third-order valence-electron chi connectivity index (χ3n) is 2.41. The van der Waals surface area contributed by atoms with Crippen molar-refractivity contribution in [2.24, 2.45) is 0 Å². The summed E-state index contributed by atoms with van der Waals surface area (Å²) in [5.41, 5.74) is 3.33. The maximum Gasteiger partial charge on any atom is 0.168 e. The van der Waals surface area contributed by atoms with Gasteiger partial charge in [0.1, 0.15) is 0 Å². The topological polar surface area (TPSA) is 42.9 Å². The van der Waals surface area contributed by atoms with Crippen LogP contribution in [-0.2, 0) is 6.42 Å². The lowest BCUT2D eigenvalue weighted by atomic mass is 10.1. The van der Waals surface area contributed by atoms with Gasteiger partial charge in [0.25, 0.3) is 0 Å². The normalized spacial score (nSPS) is 10.5. The fraction of sp³-hybridized carbons (Fsp3) is 0.308. The molecule has 0 bridgehead atoms. The van der Waals surface area contributed by atoms with E-state index in [0.29, 0.717) is 6.42 Å². The molecule has 0 aliphatic carbocycles. The Morgan fingerprint density at radius 1 is 1.18 bits per heavy atom. The highest BCUT2D eigenvalue weighted by molar-refractivity contribution is 7.09. The molecule has 0 aliphatic rings. The van der Waals surface area contributed by atoms with Gasteiger partial charge in [0.15, 0.2) is 5.78 Å². The van der Waals surface area contributed by atoms with E-state index in [-0.39, 0.29) is 5.78 Å². The van der Waals surface area contributed by atoms with Crippen molar-refractivity contribution in [3.63, 3.8) is 0 Å². The first-order valence-electron chi connectivity index (χ1n) is 5.44. The molecular formula is C13H14N2OS. The van der Waals surface area contributed by atoms with Crippen LogP contribution >= 0.6 is 11.3 Å². The van der Waals surface area contributed by atoms with Gasteiger partial charge in [-0.1, -0.05) is 0 Å². The fourth-order valence-electron chi connectivity index (χ4n) is 1.75. The summed E-state index contributed by atoms with van der Waals surface area (Å²) in [6, 6.07) is 3.66. The summed E-state index contributed by atoms with van der Waals surface area (Å²) in [5.74, 6) is 0.101. The van der Waals surface area contributed by atoms with Crippen molar-refractivity contribution in [2.45, 2.75) is 27.2 Å². The largest absolute Gasteiger partial charge is 0.294 e. The van der Waals surface area contributed by atoms with Crippen LogP contribution in [-0.4, -0.2) is 15.8 Å². The van der Waals surface area contributed by atoms with E-state index in [1.807, 2.05) is 38.3 Å². The molecule has 0 spiro atoms. The number of Topliss-reactive ketones (excluding diaryl/α,β-unsaturated/α-hetero) is 1. The fourth-order valence-corrected chi connectivity index (χ4v) is 2.36. The van der Waals surface area contributed by atoms with Crippen LogP contribution in [0.2, 0.25) is 0 Å². The number of carbonyl (C=O) groups is 1. The van der Waals surface area contributed by atoms with Crippen LogP contribution in [0.1, 0.15) is 32.4 Å². The van der Waals surface area contributed by atoms with Gasteiger partial charge in [0.05, 0.1) is 17.1 Å². The van der Waals surface area contributed by atoms with Crippen LogP contribution in [0, 0.1) is 20.8 Å². The minimum Gasteiger partial charge on any atom is -0.294 e. The van der Waals surface area contributed by atoms with Gasteiger partial charge in [-0.2, -0.15) is 0 Å². The highest BCUT2D eigenvalue weighted by atomic mass is 32.1. The molecule has 0 saturated heterocycles. The molecule has 0 amide bonds. The van der Waals surface area contributed by atoms with Crippen LogP contribution in [0.5, 0.6) is 0 Å². The van der Waals surface area contributed by atoms with Gasteiger partial charge in [-0.15, -0.1) is 11.3 Å². The van der Waals surface area contributed by atoms with Crippen molar-refractivity contribution < 1.29 is 4.79 Å². The number of carbonyl (C=O) groups excluding carboxylic acids is 1. The number of hydrogen-bond donors (Lipinski definition) is 0. The van der Waals surface area contributed by atoms with Crippen molar-refractivity contribution in [3.05, 3.63) is 45.2 Å². The number of aryl methyl sites for hydroxylation is 3. The molecule has 0 unspecified atom stereocenters. The third kappa shape index (κ3) is 2.97. The van der Waals surface area contributed by atoms with Crippen LogP contribution in [0.3, 0.4) is 0 Å². The summed E-state index contributed by atoms with van der Waals surface area (Å²) in [6.07, 6.45) is 0.368. The predicted molar refractivity (Wildman–Crippen MR) is 68.6 cm³/mol. The average molecular weight is 246 g/mol. The van der Waals surface area contributed by atoms with E-state index in [1.165, 1.54) is 0 Å². The van der Waals surface area contributed by atoms with Crippen molar-refractivity contribution in [1.29, 1.82) is 0 Å². The van der Waals surface area contributed by atoms with E-state index in [4.69, 9.17) is 0 Å². The number of ketones is 1. The summed E-state index contributed by atoms with van der Waals surface area (Å²) < 4.78 is 0. The number of rotatable bonds is 3. The number of pyridine rings is 1. The molecule has 88 valence electrons. The molecule has 3 nitrogen and oxygen atoms in total. The van der Waals surface area contributed by atoms with E-state index >= 15 is 0 Å². The predicted octanol–water partition coefficient (Wildman–Crippen LogP) is 2.89. The summed E-state index contributed by atoms with van der Waals surface area (Å²) in [5, 5.41) is 2.93. The van der Waals surface area contributed by atoms with Crippen molar-refractivity contribution in [2.75, 3.05) is 0 Å². The first kappa shape index (κ1) is 11.9. The number of hydrogen-bond acceptors (Lipinski definition) is 4. The SMILES string of the molecule is Cc1cc(C(=O)Cc2csc(C)n2)cc(C)n1. The lowest BCUT2D eigenvalue weighted by Crippen LogP contribution is -2.05. The standard InChI is InChI=1S/C13H14N2OS/c1-8-4-11(5-9(2)14-8)13(16)6-12-7-17-10(3)15-12/h4-5,7H,6H2,1-3H3. The molecule has 2 aromatic heterocycles. The van der Waals surface area contributed by atoms with Crippen LogP contribution in [0.25, 0.3) is 0 Å². The second kappa shape index (κ2) is 4.75. The zero-order valence-corrected chi connectivity index (χ0v) is 11.0. The van der Waals surface area contributed by atoms with Crippen LogP contribution < -0.4 is 0 Å². The number of aromatic nitrogens is 2. The molecule has 0 radical (unpaired) electrons. The zero-order chi connectivity index (χ0) is 12.4. The second-order valence-corrected chi connectivity index (χ2v) is 5.16. The lowest BCUT2D eigenvalue weighted by molar-refractivity contribution is 0.0992. The Morgan fingerprint density at radius 2 is 1.82 bits per heavy atom. The molecule has 4 heteroatoms. The Labute approximate surface area is 105 Å². The van der Waals surface area contributed by atoms with Gasteiger partial charge >= 0.3 is 0 Å². The molecule has 0 atom stereocenters. The lowest BCUT2D eigenvalue weighted by Gasteiger charge is -2.02. The Bertz CT molecular complexity index is 540. The van der Waals surface area contributed by atoms with Crippen LogP contribution in [0.15, 0.2) is 17.5 Å². The Morgan fingerprint density at radius 3 is 2.35 bits per heavy atom. The Kier molecular flexibility index (Phi) is 3.33. The highest BCUT2D eigenvalue weighted by Gasteiger charge is 2.10. The summed E-state index contributed by atoms with van der Waals surface area (Å²) in [6.45, 7) is 5.74. The molecule has 2 aromatic rings. The Balaban J connectivity index is 2.19. The molecule has 0 fully saturated rings. The smallest absolute Gasteiger partial charge is 0.168 e. The molecule has 0 aromatic carbocycles. The van der Waals surface area contributed by atoms with Crippen LogP contribution in [0.4, 0.5) is 0 Å². The molecular weight excluding hydrogens is 232 g/mol. The average Bonchev–Trinajstić information content (AvgIpc) is 2.62. The van der Waals surface area contributed by atoms with Gasteiger partial charge in [0.2, 0.25) is 0 Å². The highest BCUT2D eigenvalue weighted by Crippen LogP contribution is 2.12. The maximum absolute atomic E-state index is 12.1. The molecule has 0 saturated carbocycles. The van der Waals surface area contributed by atoms with Gasteiger partial charge in [-0.05, 0) is 32.9 Å². The monoisotopic (exact) mass is 246 g/mol. The minimum absolute atomic E-state index is 0.101. The number of nitrogens with zero attached hydrogens (tertiary/aromatic N) is 2. The molecule has 0 N–H and O–H groups in total. The van der Waals surface area contributed by atoms with E-state index in [0.717, 1.165) is 27.7 Å². The number of thiazole rings is 1. The van der Waals surface area contributed by atoms with E-state index in [9.17, 15) is 4.79 Å². The minimum atomic E-state index is 0.101. The van der Waals surface area contributed by atoms with Gasteiger partial charge in [-0.25, -0.2) is 4.98 Å². The molecule has 17 heavy (non-hydrogen) atoms. The van der Waals surface area contributed by atoms with Gasteiger partial charge < -0.3 is 0 Å². The van der Waals surface area contributed by atoms with Gasteiger partial charge in [-0.3, -0.25) is 9.78 Å². The molecule has 0 aliphatic heterocycles. The summed E-state index contributed by atoms with van der Waals surface area (Å²) >= 11 is 1.57. The zero-order valence-electron chi connectivity index (χ0n) is 10.2.